The van der Waals surface area contributed by atoms with Crippen LogP contribution in [0.3, 0.4) is 0 Å². The minimum atomic E-state index is -1.32. The van der Waals surface area contributed by atoms with Gasteiger partial charge in [0.05, 0.1) is 38.4 Å². The third-order valence-corrected chi connectivity index (χ3v) is 12.4. The molecule has 64 heavy (non-hydrogen) atoms. The standard InChI is InChI=1S/C60H66N4/c1-57(2,3)49-35-61(53-25-17-13-21-45(49)53)41-29-39(30-42(33-41)62-36-50(58(4,5)6)46-22-14-18-26-54(46)62)40-31-43(63-37-51(59(7,8)9)47-23-15-19-27-55(47)63)34-44(32-40)64-38-52(60(10,11)12)48-24-16-20-28-56(48)64/h13-35,37,50,52H,36,38H2,1-12H3/i13D,14D,15D,16D,17D,18D,19D,20D,21D,22D,23D,24D,25D,26D,27D,28D,35D,36D,37D,38D. The fraction of sp³-hybridized carbons (Fsp3) is 0.333. The molecule has 0 amide bonds. The Hall–Kier alpha value is -6.00. The second-order valence-corrected chi connectivity index (χ2v) is 21.3. The Kier molecular flexibility index (Phi) is 5.75. The Labute approximate surface area is 410 Å². The highest BCUT2D eigenvalue weighted by atomic mass is 15.2. The summed E-state index contributed by atoms with van der Waals surface area (Å²) >= 11 is 0. The molecule has 4 heterocycles. The minimum absolute atomic E-state index is 0.0220. The van der Waals surface area contributed by atoms with Crippen molar-refractivity contribution in [2.24, 2.45) is 10.8 Å². The van der Waals surface area contributed by atoms with E-state index in [1.807, 2.05) is 83.1 Å². The maximum Gasteiger partial charge on any atom is 0.0826 e. The normalized spacial score (nSPS) is 23.6. The van der Waals surface area contributed by atoms with E-state index >= 15 is 0 Å². The SMILES string of the molecule is [2H]c1c([2H])c([2H])c2c(c1[2H])C(C(C)(C)C)C([2H])N2c1cc(-c2cc(N3c4c([2H])c([2H])c([2H])c([2H])c4C(C(C)(C)C)C3[2H])cc(-n3c([2H])c(C(C)(C)C)c4c([2H])c([2H])c([2H])c([2H])c43)c2)cc(-n2c([2H])c(C(C)(C)C)c3c([2H])c([2H])c([2H])c([2H])c32)c1. The zero-order chi connectivity index (χ0) is 62.5. The number of hydrogen-bond acceptors (Lipinski definition) is 2. The maximum atomic E-state index is 10.1. The van der Waals surface area contributed by atoms with E-state index in [0.29, 0.717) is 11.1 Å². The number of aromatic nitrogens is 2. The summed E-state index contributed by atoms with van der Waals surface area (Å²) in [5.74, 6) is -1.66. The van der Waals surface area contributed by atoms with Crippen molar-refractivity contribution in [3.05, 3.63) is 168 Å². The molecule has 0 aliphatic carbocycles. The average molecular weight is 863 g/mol. The van der Waals surface area contributed by atoms with Crippen molar-refractivity contribution in [2.45, 2.75) is 106 Å². The first-order valence-electron chi connectivity index (χ1n) is 31.9. The van der Waals surface area contributed by atoms with E-state index in [4.69, 9.17) is 11.0 Å². The number of anilines is 4. The van der Waals surface area contributed by atoms with Gasteiger partial charge in [0.2, 0.25) is 0 Å². The lowest BCUT2D eigenvalue weighted by molar-refractivity contribution is 0.335. The summed E-state index contributed by atoms with van der Waals surface area (Å²) in [6, 6.07) is 2.49. The highest BCUT2D eigenvalue weighted by Crippen LogP contribution is 2.51. The predicted molar refractivity (Wildman–Crippen MR) is 274 cm³/mol. The van der Waals surface area contributed by atoms with Gasteiger partial charge in [-0.3, -0.25) is 0 Å². The number of benzene rings is 6. The van der Waals surface area contributed by atoms with Crippen LogP contribution in [0.2, 0.25) is 0 Å². The van der Waals surface area contributed by atoms with Crippen LogP contribution in [-0.4, -0.2) is 22.2 Å². The molecule has 0 radical (unpaired) electrons. The lowest BCUT2D eigenvalue weighted by atomic mass is 9.78. The van der Waals surface area contributed by atoms with Crippen molar-refractivity contribution in [3.63, 3.8) is 0 Å². The number of hydrogen-bond donors (Lipinski definition) is 0. The third-order valence-electron chi connectivity index (χ3n) is 12.4. The Morgan fingerprint density at radius 1 is 0.438 bits per heavy atom. The molecule has 4 unspecified atom stereocenters. The molecule has 6 aromatic carbocycles. The number of para-hydroxylation sites is 4. The molecule has 2 aliphatic heterocycles. The van der Waals surface area contributed by atoms with Gasteiger partial charge in [0, 0.05) is 82.1 Å². The van der Waals surface area contributed by atoms with E-state index in [2.05, 4.69) is 0 Å². The Bertz CT molecular complexity index is 3920. The summed E-state index contributed by atoms with van der Waals surface area (Å²) in [6.45, 7) is 19.5. The molecule has 4 atom stereocenters. The van der Waals surface area contributed by atoms with Gasteiger partial charge < -0.3 is 18.9 Å². The van der Waals surface area contributed by atoms with E-state index in [0.717, 1.165) is 0 Å². The molecular weight excluding hydrogens is 777 g/mol. The molecule has 2 aromatic heterocycles. The fourth-order valence-electron chi connectivity index (χ4n) is 9.09. The van der Waals surface area contributed by atoms with E-state index in [1.165, 1.54) is 18.9 Å². The molecule has 0 N–H and O–H groups in total. The van der Waals surface area contributed by atoms with Gasteiger partial charge in [-0.2, -0.15) is 0 Å². The van der Waals surface area contributed by atoms with Crippen molar-refractivity contribution in [3.8, 4) is 22.5 Å². The first-order valence-corrected chi connectivity index (χ1v) is 21.8. The van der Waals surface area contributed by atoms with Gasteiger partial charge >= 0.3 is 0 Å². The topological polar surface area (TPSA) is 16.3 Å². The van der Waals surface area contributed by atoms with Crippen LogP contribution in [0.25, 0.3) is 44.3 Å². The molecule has 2 aliphatic rings. The number of fused-ring (bicyclic) bond motifs is 4. The molecular formula is C60H66N4. The van der Waals surface area contributed by atoms with Gasteiger partial charge in [0.25, 0.3) is 0 Å². The molecule has 0 saturated heterocycles. The van der Waals surface area contributed by atoms with Crippen LogP contribution >= 0.6 is 0 Å². The summed E-state index contributed by atoms with van der Waals surface area (Å²) in [4.78, 5) is 3.01. The average Bonchev–Trinajstić information content (AvgIpc) is 2.52. The number of nitrogens with zero attached hydrogens (tertiary/aromatic N) is 4. The monoisotopic (exact) mass is 863 g/mol. The van der Waals surface area contributed by atoms with Crippen LogP contribution in [0.4, 0.5) is 22.7 Å². The first-order chi connectivity index (χ1) is 38.6. The molecule has 10 rings (SSSR count). The summed E-state index contributed by atoms with van der Waals surface area (Å²) in [5.41, 5.74) is -1.29. The third kappa shape index (κ3) is 7.14. The quantitative estimate of drug-likeness (QED) is 0.171. The molecule has 8 aromatic rings. The van der Waals surface area contributed by atoms with Crippen molar-refractivity contribution >= 4 is 44.6 Å². The molecule has 0 spiro atoms. The molecule has 4 nitrogen and oxygen atoms in total. The van der Waals surface area contributed by atoms with E-state index < -0.39 is 119 Å². The lowest BCUT2D eigenvalue weighted by Crippen LogP contribution is -2.24. The van der Waals surface area contributed by atoms with Crippen LogP contribution in [0, 0.1) is 10.8 Å². The van der Waals surface area contributed by atoms with Crippen molar-refractivity contribution in [2.75, 3.05) is 22.8 Å². The molecule has 0 saturated carbocycles. The van der Waals surface area contributed by atoms with Gasteiger partial charge in [-0.15, -0.1) is 0 Å². The van der Waals surface area contributed by atoms with Crippen molar-refractivity contribution in [1.29, 1.82) is 0 Å². The largest absolute Gasteiger partial charge is 0.341 e. The first kappa shape index (κ1) is 24.9. The molecule has 0 bridgehead atoms. The molecule has 326 valence electrons. The smallest absolute Gasteiger partial charge is 0.0826 e. The van der Waals surface area contributed by atoms with E-state index in [-0.39, 0.29) is 115 Å². The predicted octanol–water partition coefficient (Wildman–Crippen LogP) is 16.4. The summed E-state index contributed by atoms with van der Waals surface area (Å²) in [6.07, 6.45) is -0.397. The molecule has 0 fully saturated rings. The lowest BCUT2D eigenvalue weighted by Gasteiger charge is -2.29. The van der Waals surface area contributed by atoms with Crippen LogP contribution in [0.15, 0.2) is 145 Å². The van der Waals surface area contributed by atoms with Gasteiger partial charge in [-0.1, -0.05) is 156 Å². The second kappa shape index (κ2) is 14.8. The van der Waals surface area contributed by atoms with Gasteiger partial charge in [-0.25, -0.2) is 0 Å². The van der Waals surface area contributed by atoms with E-state index in [1.54, 1.807) is 36.4 Å². The van der Waals surface area contributed by atoms with Crippen LogP contribution in [-0.2, 0) is 10.8 Å². The van der Waals surface area contributed by atoms with Crippen LogP contribution in [0.1, 0.15) is 145 Å². The Morgan fingerprint density at radius 3 is 1.16 bits per heavy atom. The zero-order valence-corrected chi connectivity index (χ0v) is 38.6. The van der Waals surface area contributed by atoms with Gasteiger partial charge in [0.15, 0.2) is 0 Å². The van der Waals surface area contributed by atoms with Crippen molar-refractivity contribution in [1.82, 2.24) is 9.13 Å². The maximum absolute atomic E-state index is 10.1. The molecule has 4 heteroatoms. The summed E-state index contributed by atoms with van der Waals surface area (Å²) in [7, 11) is 0. The van der Waals surface area contributed by atoms with Gasteiger partial charge in [0.1, 0.15) is 0 Å². The summed E-state index contributed by atoms with van der Waals surface area (Å²) < 4.78 is 189. The van der Waals surface area contributed by atoms with Gasteiger partial charge in [-0.05, 0) is 116 Å². The van der Waals surface area contributed by atoms with Crippen LogP contribution < -0.4 is 9.80 Å². The minimum Gasteiger partial charge on any atom is -0.341 e. The second-order valence-electron chi connectivity index (χ2n) is 21.3. The fourth-order valence-corrected chi connectivity index (χ4v) is 9.09. The van der Waals surface area contributed by atoms with E-state index in [9.17, 15) is 16.4 Å². The Morgan fingerprint density at radius 2 is 0.781 bits per heavy atom. The van der Waals surface area contributed by atoms with Crippen molar-refractivity contribution < 1.29 is 27.4 Å². The van der Waals surface area contributed by atoms with Crippen LogP contribution in [0.5, 0.6) is 0 Å². The summed E-state index contributed by atoms with van der Waals surface area (Å²) in [5, 5.41) is 0.186. The zero-order valence-electron chi connectivity index (χ0n) is 58.6. The highest BCUT2D eigenvalue weighted by molar-refractivity contribution is 5.90. The Balaban J connectivity index is 1.42. The number of rotatable bonds is 5. The highest BCUT2D eigenvalue weighted by Gasteiger charge is 2.39.